The molecule has 1 amide bonds. The van der Waals surface area contributed by atoms with Gasteiger partial charge in [-0.25, -0.2) is 8.42 Å². The number of anilines is 1. The van der Waals surface area contributed by atoms with Crippen molar-refractivity contribution in [3.05, 3.63) is 59.7 Å². The lowest BCUT2D eigenvalue weighted by Crippen LogP contribution is -2.51. The van der Waals surface area contributed by atoms with E-state index in [2.05, 4.69) is 10.0 Å². The Labute approximate surface area is 154 Å². The molecule has 1 atom stereocenters. The molecule has 138 valence electrons. The summed E-state index contributed by atoms with van der Waals surface area (Å²) < 4.78 is 27.9. The Bertz CT molecular complexity index is 895. The van der Waals surface area contributed by atoms with Crippen molar-refractivity contribution < 1.29 is 13.2 Å². The van der Waals surface area contributed by atoms with Gasteiger partial charge in [-0.1, -0.05) is 29.8 Å². The van der Waals surface area contributed by atoms with Gasteiger partial charge in [0.1, 0.15) is 0 Å². The maximum atomic E-state index is 12.9. The summed E-state index contributed by atoms with van der Waals surface area (Å²) >= 11 is 0. The fraction of sp³-hybridized carbons (Fsp3) is 0.316. The average Bonchev–Trinajstić information content (AvgIpc) is 2.62. The minimum atomic E-state index is -3.76. The fourth-order valence-electron chi connectivity index (χ4n) is 2.97. The molecule has 0 radical (unpaired) electrons. The number of amides is 1. The van der Waals surface area contributed by atoms with Crippen LogP contribution in [0, 0.1) is 6.92 Å². The van der Waals surface area contributed by atoms with Crippen molar-refractivity contribution in [3.8, 4) is 0 Å². The smallest absolute Gasteiger partial charge is 0.261 e. The maximum absolute atomic E-state index is 12.9. The monoisotopic (exact) mass is 373 g/mol. The molecule has 0 bridgehead atoms. The van der Waals surface area contributed by atoms with Gasteiger partial charge in [0, 0.05) is 25.7 Å². The van der Waals surface area contributed by atoms with Gasteiger partial charge < -0.3 is 10.2 Å². The second kappa shape index (κ2) is 7.47. The number of sulfonamides is 1. The Morgan fingerprint density at radius 1 is 1.15 bits per heavy atom. The molecule has 3 rings (SSSR count). The van der Waals surface area contributed by atoms with Crippen LogP contribution >= 0.6 is 0 Å². The molecule has 1 aliphatic rings. The van der Waals surface area contributed by atoms with E-state index < -0.39 is 10.0 Å². The van der Waals surface area contributed by atoms with E-state index >= 15 is 0 Å². The molecule has 2 aromatic carbocycles. The topological polar surface area (TPSA) is 78.5 Å². The Morgan fingerprint density at radius 2 is 1.85 bits per heavy atom. The lowest BCUT2D eigenvalue weighted by Gasteiger charge is -2.32. The number of aryl methyl sites for hydroxylation is 1. The third-order valence-corrected chi connectivity index (χ3v) is 5.77. The van der Waals surface area contributed by atoms with E-state index in [-0.39, 0.29) is 16.8 Å². The Morgan fingerprint density at radius 3 is 2.54 bits per heavy atom. The van der Waals surface area contributed by atoms with Gasteiger partial charge in [0.25, 0.3) is 15.9 Å². The van der Waals surface area contributed by atoms with Crippen LogP contribution in [-0.2, 0) is 10.0 Å². The number of nitrogens with zero attached hydrogens (tertiary/aromatic N) is 1. The number of carbonyl (C=O) groups is 1. The molecule has 1 saturated heterocycles. The minimum absolute atomic E-state index is 0.166. The molecular formula is C19H23N3O3S. The summed E-state index contributed by atoms with van der Waals surface area (Å²) in [6.07, 6.45) is 0. The first-order chi connectivity index (χ1) is 12.4. The van der Waals surface area contributed by atoms with Crippen LogP contribution in [0.5, 0.6) is 0 Å². The average molecular weight is 373 g/mol. The summed E-state index contributed by atoms with van der Waals surface area (Å²) in [7, 11) is -3.76. The van der Waals surface area contributed by atoms with Gasteiger partial charge >= 0.3 is 0 Å². The molecule has 6 nitrogen and oxygen atoms in total. The van der Waals surface area contributed by atoms with Crippen LogP contribution in [0.15, 0.2) is 53.4 Å². The first-order valence-electron chi connectivity index (χ1n) is 8.58. The normalized spacial score (nSPS) is 17.8. The molecule has 2 aromatic rings. The number of nitrogens with one attached hydrogen (secondary N) is 2. The zero-order chi connectivity index (χ0) is 18.7. The zero-order valence-electron chi connectivity index (χ0n) is 14.9. The van der Waals surface area contributed by atoms with Gasteiger partial charge in [0.15, 0.2) is 0 Å². The molecular weight excluding hydrogens is 350 g/mol. The van der Waals surface area contributed by atoms with Crippen LogP contribution in [0.25, 0.3) is 0 Å². The van der Waals surface area contributed by atoms with Crippen LogP contribution in [0.4, 0.5) is 5.69 Å². The van der Waals surface area contributed by atoms with E-state index in [0.29, 0.717) is 24.3 Å². The van der Waals surface area contributed by atoms with Crippen LogP contribution in [-0.4, -0.2) is 44.9 Å². The molecule has 0 spiro atoms. The predicted octanol–water partition coefficient (Wildman–Crippen LogP) is 2.23. The number of benzene rings is 2. The highest BCUT2D eigenvalue weighted by molar-refractivity contribution is 7.92. The van der Waals surface area contributed by atoms with Crippen molar-refractivity contribution in [1.29, 1.82) is 0 Å². The summed E-state index contributed by atoms with van der Waals surface area (Å²) in [5.74, 6) is -0.166. The first kappa shape index (κ1) is 18.4. The maximum Gasteiger partial charge on any atom is 0.261 e. The largest absolute Gasteiger partial charge is 0.336 e. The van der Waals surface area contributed by atoms with E-state index in [0.717, 1.165) is 12.1 Å². The van der Waals surface area contributed by atoms with Gasteiger partial charge in [-0.3, -0.25) is 9.52 Å². The lowest BCUT2D eigenvalue weighted by atomic mass is 10.1. The number of rotatable bonds is 4. The molecule has 2 N–H and O–H groups in total. The molecule has 7 heteroatoms. The summed E-state index contributed by atoms with van der Waals surface area (Å²) in [5.41, 5.74) is 1.63. The minimum Gasteiger partial charge on any atom is -0.336 e. The highest BCUT2D eigenvalue weighted by atomic mass is 32.2. The van der Waals surface area contributed by atoms with Crippen LogP contribution in [0.3, 0.4) is 0 Å². The van der Waals surface area contributed by atoms with Crippen LogP contribution < -0.4 is 10.0 Å². The van der Waals surface area contributed by atoms with E-state index in [1.54, 1.807) is 53.4 Å². The van der Waals surface area contributed by atoms with E-state index in [4.69, 9.17) is 0 Å². The molecule has 26 heavy (non-hydrogen) atoms. The number of carbonyl (C=O) groups excluding carboxylic acids is 1. The summed E-state index contributed by atoms with van der Waals surface area (Å²) in [6, 6.07) is 13.5. The highest BCUT2D eigenvalue weighted by Gasteiger charge is 2.25. The summed E-state index contributed by atoms with van der Waals surface area (Å²) in [6.45, 7) is 5.84. The third-order valence-electron chi connectivity index (χ3n) is 4.39. The van der Waals surface area contributed by atoms with E-state index in [1.807, 2.05) is 13.8 Å². The predicted molar refractivity (Wildman–Crippen MR) is 102 cm³/mol. The molecule has 1 fully saturated rings. The van der Waals surface area contributed by atoms with Crippen molar-refractivity contribution in [2.45, 2.75) is 24.8 Å². The molecule has 0 aliphatic carbocycles. The number of para-hydroxylation sites is 1. The van der Waals surface area contributed by atoms with E-state index in [1.165, 1.54) is 0 Å². The zero-order valence-corrected chi connectivity index (χ0v) is 15.7. The lowest BCUT2D eigenvalue weighted by molar-refractivity contribution is 0.0710. The number of piperazine rings is 1. The number of hydrogen-bond donors (Lipinski definition) is 2. The Balaban J connectivity index is 1.87. The van der Waals surface area contributed by atoms with Gasteiger partial charge in [-0.05, 0) is 38.1 Å². The highest BCUT2D eigenvalue weighted by Crippen LogP contribution is 2.22. The summed E-state index contributed by atoms with van der Waals surface area (Å²) in [4.78, 5) is 14.8. The molecule has 1 aliphatic heterocycles. The van der Waals surface area contributed by atoms with Crippen LogP contribution in [0.2, 0.25) is 0 Å². The van der Waals surface area contributed by atoms with Crippen LogP contribution in [0.1, 0.15) is 22.8 Å². The molecule has 1 unspecified atom stereocenters. The van der Waals surface area contributed by atoms with E-state index in [9.17, 15) is 13.2 Å². The standard InChI is InChI=1S/C19H23N3O3S/c1-14-7-9-16(10-8-14)26(24,25)21-18-6-4-3-5-17(18)19(23)22-12-11-20-15(2)13-22/h3-10,15,20-21H,11-13H2,1-2H3. The van der Waals surface area contributed by atoms with Crippen molar-refractivity contribution in [3.63, 3.8) is 0 Å². The van der Waals surface area contributed by atoms with Crippen molar-refractivity contribution >= 4 is 21.6 Å². The van der Waals surface area contributed by atoms with Crippen molar-refractivity contribution in [2.75, 3.05) is 24.4 Å². The van der Waals surface area contributed by atoms with Crippen molar-refractivity contribution in [1.82, 2.24) is 10.2 Å². The van der Waals surface area contributed by atoms with Gasteiger partial charge in [-0.15, -0.1) is 0 Å². The number of hydrogen-bond acceptors (Lipinski definition) is 4. The molecule has 0 aromatic heterocycles. The molecule has 0 saturated carbocycles. The third kappa shape index (κ3) is 4.05. The fourth-order valence-corrected chi connectivity index (χ4v) is 4.05. The Hall–Kier alpha value is -2.38. The second-order valence-corrected chi connectivity index (χ2v) is 8.25. The van der Waals surface area contributed by atoms with Gasteiger partial charge in [-0.2, -0.15) is 0 Å². The van der Waals surface area contributed by atoms with Gasteiger partial charge in [0.05, 0.1) is 16.1 Å². The molecule has 1 heterocycles. The Kier molecular flexibility index (Phi) is 5.29. The summed E-state index contributed by atoms with van der Waals surface area (Å²) in [5, 5.41) is 3.29. The second-order valence-electron chi connectivity index (χ2n) is 6.57. The van der Waals surface area contributed by atoms with Crippen molar-refractivity contribution in [2.24, 2.45) is 0 Å². The first-order valence-corrected chi connectivity index (χ1v) is 10.1. The SMILES string of the molecule is Cc1ccc(S(=O)(=O)Nc2ccccc2C(=O)N2CCNC(C)C2)cc1. The quantitative estimate of drug-likeness (QED) is 0.861. The van der Waals surface area contributed by atoms with Gasteiger partial charge in [0.2, 0.25) is 0 Å².